The molecule has 1 fully saturated rings. The Labute approximate surface area is 189 Å². The summed E-state index contributed by atoms with van der Waals surface area (Å²) >= 11 is 0. The maximum absolute atomic E-state index is 13.2. The van der Waals surface area contributed by atoms with E-state index in [9.17, 15) is 9.59 Å². The molecule has 0 aromatic heterocycles. The number of rotatable bonds is 6. The fourth-order valence-corrected chi connectivity index (χ4v) is 3.99. The highest BCUT2D eigenvalue weighted by Gasteiger charge is 2.22. The smallest absolute Gasteiger partial charge is 0.255 e. The molecule has 5 nitrogen and oxygen atoms in total. The summed E-state index contributed by atoms with van der Waals surface area (Å²) in [6.45, 7) is 4.58. The molecule has 1 saturated heterocycles. The van der Waals surface area contributed by atoms with Crippen molar-refractivity contribution in [2.24, 2.45) is 5.92 Å². The molecule has 3 aromatic carbocycles. The van der Waals surface area contributed by atoms with Crippen LogP contribution in [0.2, 0.25) is 0 Å². The number of carbonyl (C=O) groups is 2. The molecule has 164 valence electrons. The average Bonchev–Trinajstić information content (AvgIpc) is 2.84. The molecule has 1 aliphatic heterocycles. The van der Waals surface area contributed by atoms with Crippen LogP contribution in [0.5, 0.6) is 0 Å². The van der Waals surface area contributed by atoms with Gasteiger partial charge in [-0.25, -0.2) is 0 Å². The summed E-state index contributed by atoms with van der Waals surface area (Å²) in [6, 6.07) is 24.6. The van der Waals surface area contributed by atoms with E-state index in [1.54, 1.807) is 18.2 Å². The maximum atomic E-state index is 13.2. The molecule has 4 rings (SSSR count). The number of benzene rings is 3. The molecular formula is C27H29N3O2. The Morgan fingerprint density at radius 3 is 2.22 bits per heavy atom. The van der Waals surface area contributed by atoms with Crippen molar-refractivity contribution in [3.05, 3.63) is 95.6 Å². The lowest BCUT2D eigenvalue weighted by Gasteiger charge is -2.33. The lowest BCUT2D eigenvalue weighted by atomic mass is 9.97. The second-order valence-electron chi connectivity index (χ2n) is 8.39. The molecule has 0 bridgehead atoms. The van der Waals surface area contributed by atoms with Gasteiger partial charge >= 0.3 is 0 Å². The number of carbonyl (C=O) groups excluding carboxylic acids is 2. The molecule has 2 N–H and O–H groups in total. The third-order valence-electron chi connectivity index (χ3n) is 5.96. The van der Waals surface area contributed by atoms with Crippen molar-refractivity contribution in [2.75, 3.05) is 23.3 Å². The highest BCUT2D eigenvalue weighted by Crippen LogP contribution is 2.29. The molecule has 2 amide bonds. The zero-order chi connectivity index (χ0) is 22.3. The van der Waals surface area contributed by atoms with Crippen LogP contribution in [-0.2, 0) is 6.54 Å². The second-order valence-corrected chi connectivity index (χ2v) is 8.39. The summed E-state index contributed by atoms with van der Waals surface area (Å²) in [4.78, 5) is 28.1. The summed E-state index contributed by atoms with van der Waals surface area (Å²) < 4.78 is 0. The molecule has 0 spiro atoms. The Balaban J connectivity index is 1.57. The topological polar surface area (TPSA) is 61.4 Å². The standard InChI is InChI=1S/C27H29N3O2/c1-20-14-16-30(17-15-20)25-13-12-23(29-26(31)22-10-6-3-7-11-22)18-24(25)27(32)28-19-21-8-4-2-5-9-21/h2-13,18,20H,14-17,19H2,1H3,(H,28,32)(H,29,31). The molecule has 3 aromatic rings. The van der Waals surface area contributed by atoms with Gasteiger partial charge in [0.15, 0.2) is 0 Å². The summed E-state index contributed by atoms with van der Waals surface area (Å²) in [6.07, 6.45) is 2.22. The van der Waals surface area contributed by atoms with Crippen molar-refractivity contribution >= 4 is 23.2 Å². The minimum Gasteiger partial charge on any atom is -0.371 e. The van der Waals surface area contributed by atoms with Crippen molar-refractivity contribution in [1.29, 1.82) is 0 Å². The SMILES string of the molecule is CC1CCN(c2ccc(NC(=O)c3ccccc3)cc2C(=O)NCc2ccccc2)CC1. The minimum absolute atomic E-state index is 0.140. The zero-order valence-corrected chi connectivity index (χ0v) is 18.4. The van der Waals surface area contributed by atoms with Gasteiger partial charge in [0.2, 0.25) is 0 Å². The molecule has 5 heteroatoms. The quantitative estimate of drug-likeness (QED) is 0.575. The fraction of sp³-hybridized carbons (Fsp3) is 0.259. The monoisotopic (exact) mass is 427 g/mol. The van der Waals surface area contributed by atoms with Crippen LogP contribution < -0.4 is 15.5 Å². The molecule has 0 aliphatic carbocycles. The molecule has 0 unspecified atom stereocenters. The van der Waals surface area contributed by atoms with Gasteiger partial charge in [-0.1, -0.05) is 55.5 Å². The van der Waals surface area contributed by atoms with Gasteiger partial charge in [-0.05, 0) is 54.7 Å². The molecule has 1 aliphatic rings. The van der Waals surface area contributed by atoms with Crippen molar-refractivity contribution in [2.45, 2.75) is 26.3 Å². The lowest BCUT2D eigenvalue weighted by molar-refractivity contribution is 0.0950. The van der Waals surface area contributed by atoms with Gasteiger partial charge in [-0.15, -0.1) is 0 Å². The fourth-order valence-electron chi connectivity index (χ4n) is 3.99. The maximum Gasteiger partial charge on any atom is 0.255 e. The lowest BCUT2D eigenvalue weighted by Crippen LogP contribution is -2.35. The normalized spacial score (nSPS) is 14.1. The first-order valence-corrected chi connectivity index (χ1v) is 11.2. The largest absolute Gasteiger partial charge is 0.371 e. The number of piperidine rings is 1. The summed E-state index contributed by atoms with van der Waals surface area (Å²) in [5.74, 6) is 0.366. The van der Waals surface area contributed by atoms with E-state index < -0.39 is 0 Å². The van der Waals surface area contributed by atoms with Crippen molar-refractivity contribution < 1.29 is 9.59 Å². The minimum atomic E-state index is -0.194. The van der Waals surface area contributed by atoms with E-state index in [1.807, 2.05) is 60.7 Å². The number of nitrogens with zero attached hydrogens (tertiary/aromatic N) is 1. The zero-order valence-electron chi connectivity index (χ0n) is 18.4. The summed E-state index contributed by atoms with van der Waals surface area (Å²) in [7, 11) is 0. The van der Waals surface area contributed by atoms with E-state index >= 15 is 0 Å². The highest BCUT2D eigenvalue weighted by molar-refractivity contribution is 6.06. The van der Waals surface area contributed by atoms with Crippen LogP contribution in [0.3, 0.4) is 0 Å². The third kappa shape index (κ3) is 5.35. The molecule has 0 saturated carbocycles. The Hall–Kier alpha value is -3.60. The van der Waals surface area contributed by atoms with Crippen LogP contribution in [0.15, 0.2) is 78.9 Å². The Morgan fingerprint density at radius 1 is 0.875 bits per heavy atom. The first-order chi connectivity index (χ1) is 15.6. The number of anilines is 2. The van der Waals surface area contributed by atoms with Gasteiger partial charge in [-0.2, -0.15) is 0 Å². The van der Waals surface area contributed by atoms with Gasteiger partial charge < -0.3 is 15.5 Å². The Kier molecular flexibility index (Phi) is 6.85. The molecule has 32 heavy (non-hydrogen) atoms. The average molecular weight is 428 g/mol. The number of nitrogens with one attached hydrogen (secondary N) is 2. The predicted octanol–water partition coefficient (Wildman–Crippen LogP) is 5.11. The van der Waals surface area contributed by atoms with Gasteiger partial charge in [0.25, 0.3) is 11.8 Å². The molecule has 0 radical (unpaired) electrons. The number of amides is 2. The third-order valence-corrected chi connectivity index (χ3v) is 5.96. The van der Waals surface area contributed by atoms with Gasteiger partial charge in [-0.3, -0.25) is 9.59 Å². The van der Waals surface area contributed by atoms with E-state index in [4.69, 9.17) is 0 Å². The first kappa shape index (κ1) is 21.6. The summed E-state index contributed by atoms with van der Waals surface area (Å²) in [5, 5.41) is 5.96. The van der Waals surface area contributed by atoms with Crippen molar-refractivity contribution in [3.8, 4) is 0 Å². The van der Waals surface area contributed by atoms with Crippen LogP contribution in [0.1, 0.15) is 46.0 Å². The number of hydrogen-bond donors (Lipinski definition) is 2. The predicted molar refractivity (Wildman–Crippen MR) is 129 cm³/mol. The summed E-state index contributed by atoms with van der Waals surface area (Å²) in [5.41, 5.74) is 3.73. The number of hydrogen-bond acceptors (Lipinski definition) is 3. The first-order valence-electron chi connectivity index (χ1n) is 11.2. The van der Waals surface area contributed by atoms with Crippen LogP contribution in [-0.4, -0.2) is 24.9 Å². The van der Waals surface area contributed by atoms with E-state index in [2.05, 4.69) is 22.5 Å². The highest BCUT2D eigenvalue weighted by atomic mass is 16.2. The van der Waals surface area contributed by atoms with Crippen LogP contribution in [0, 0.1) is 5.92 Å². The molecule has 0 atom stereocenters. The van der Waals surface area contributed by atoms with E-state index in [-0.39, 0.29) is 11.8 Å². The molecule has 1 heterocycles. The van der Waals surface area contributed by atoms with Crippen LogP contribution in [0.25, 0.3) is 0 Å². The Morgan fingerprint density at radius 2 is 1.53 bits per heavy atom. The van der Waals surface area contributed by atoms with E-state index in [1.165, 1.54) is 0 Å². The van der Waals surface area contributed by atoms with Gasteiger partial charge in [0.05, 0.1) is 5.56 Å². The van der Waals surface area contributed by atoms with Crippen molar-refractivity contribution in [1.82, 2.24) is 5.32 Å². The van der Waals surface area contributed by atoms with Crippen molar-refractivity contribution in [3.63, 3.8) is 0 Å². The van der Waals surface area contributed by atoms with E-state index in [0.717, 1.165) is 37.2 Å². The van der Waals surface area contributed by atoms with Crippen LogP contribution >= 0.6 is 0 Å². The Bertz CT molecular complexity index is 1060. The van der Waals surface area contributed by atoms with Crippen LogP contribution in [0.4, 0.5) is 11.4 Å². The second kappa shape index (κ2) is 10.1. The van der Waals surface area contributed by atoms with Gasteiger partial charge in [0, 0.05) is 36.6 Å². The van der Waals surface area contributed by atoms with E-state index in [0.29, 0.717) is 29.3 Å². The van der Waals surface area contributed by atoms with Gasteiger partial charge in [0.1, 0.15) is 0 Å². The molecular weight excluding hydrogens is 398 g/mol.